The Morgan fingerprint density at radius 2 is 1.74 bits per heavy atom. The van der Waals surface area contributed by atoms with Crippen molar-refractivity contribution in [3.8, 4) is 5.75 Å². The first-order valence-corrected chi connectivity index (χ1v) is 11.3. The highest BCUT2D eigenvalue weighted by atomic mass is 35.5. The number of carbonyl (C=O) groups excluding carboxylic acids is 1. The van der Waals surface area contributed by atoms with Gasteiger partial charge in [0.1, 0.15) is 17.3 Å². The van der Waals surface area contributed by atoms with Crippen LogP contribution in [-0.4, -0.2) is 32.9 Å². The topological polar surface area (TPSA) is 119 Å². The number of nitrogens with one attached hydrogen (secondary N) is 1. The van der Waals surface area contributed by atoms with Crippen LogP contribution in [0, 0.1) is 27.6 Å². The Balaban J connectivity index is 2.03. The Hall–Kier alpha value is -3.84. The minimum atomic E-state index is -4.62. The number of nitrogens with zero attached hydrogens (tertiary/aromatic N) is 2. The van der Waals surface area contributed by atoms with Gasteiger partial charge in [-0.05, 0) is 48.5 Å². The molecule has 0 bridgehead atoms. The number of hydrogen-bond donors (Lipinski definition) is 1. The molecule has 0 fully saturated rings. The number of carbonyl (C=O) groups is 1. The van der Waals surface area contributed by atoms with Gasteiger partial charge in [0, 0.05) is 6.07 Å². The lowest BCUT2D eigenvalue weighted by Crippen LogP contribution is -2.38. The van der Waals surface area contributed by atoms with Crippen LogP contribution in [0.1, 0.15) is 0 Å². The second-order valence-electron chi connectivity index (χ2n) is 6.85. The number of anilines is 2. The summed E-state index contributed by atoms with van der Waals surface area (Å²) >= 11 is 5.76. The van der Waals surface area contributed by atoms with Crippen LogP contribution in [-0.2, 0) is 14.8 Å². The third kappa shape index (κ3) is 5.46. The lowest BCUT2D eigenvalue weighted by molar-refractivity contribution is -0.384. The summed E-state index contributed by atoms with van der Waals surface area (Å²) in [5.74, 6) is -5.73. The summed E-state index contributed by atoms with van der Waals surface area (Å²) in [6, 6.07) is 9.48. The van der Waals surface area contributed by atoms with E-state index < -0.39 is 61.1 Å². The molecule has 0 aliphatic rings. The molecule has 0 atom stereocenters. The second kappa shape index (κ2) is 10.2. The maximum absolute atomic E-state index is 14.0. The monoisotopic (exact) mass is 529 g/mol. The van der Waals surface area contributed by atoms with Crippen LogP contribution in [0.15, 0.2) is 59.5 Å². The van der Waals surface area contributed by atoms with Crippen LogP contribution < -0.4 is 14.4 Å². The smallest absolute Gasteiger partial charge is 0.289 e. The molecular formula is C21H15ClF3N3O6S. The van der Waals surface area contributed by atoms with E-state index in [4.69, 9.17) is 16.3 Å². The molecule has 14 heteroatoms. The fourth-order valence-corrected chi connectivity index (χ4v) is 4.55. The molecule has 0 saturated carbocycles. The SMILES string of the molecule is COc1ccc(N(CC(=O)Nc2ccc(F)c(F)c2F)S(=O)(=O)c2ccc(Cl)c([N+](=O)[O-])c2)cc1. The standard InChI is InChI=1S/C21H15ClF3N3O6S/c1-34-13-4-2-12(3-5-13)27(11-19(29)26-17-9-8-16(23)20(24)21(17)25)35(32,33)14-6-7-15(22)18(10-14)28(30)31/h2-10H,11H2,1H3,(H,26,29). The summed E-state index contributed by atoms with van der Waals surface area (Å²) in [7, 11) is -3.24. The van der Waals surface area contributed by atoms with E-state index in [0.29, 0.717) is 16.1 Å². The summed E-state index contributed by atoms with van der Waals surface area (Å²) in [5.41, 5.74) is -1.46. The average molecular weight is 530 g/mol. The number of benzene rings is 3. The summed E-state index contributed by atoms with van der Waals surface area (Å²) in [5, 5.41) is 12.9. The first-order chi connectivity index (χ1) is 16.4. The quantitative estimate of drug-likeness (QED) is 0.260. The number of nitro groups is 1. The van der Waals surface area contributed by atoms with Gasteiger partial charge in [0.2, 0.25) is 5.91 Å². The normalized spacial score (nSPS) is 11.1. The van der Waals surface area contributed by atoms with E-state index in [1.807, 2.05) is 5.32 Å². The lowest BCUT2D eigenvalue weighted by Gasteiger charge is -2.24. The van der Waals surface area contributed by atoms with E-state index >= 15 is 0 Å². The van der Waals surface area contributed by atoms with Crippen molar-refractivity contribution in [1.29, 1.82) is 0 Å². The molecule has 0 aliphatic heterocycles. The number of methoxy groups -OCH3 is 1. The minimum Gasteiger partial charge on any atom is -0.497 e. The number of sulfonamides is 1. The van der Waals surface area contributed by atoms with E-state index in [2.05, 4.69) is 0 Å². The van der Waals surface area contributed by atoms with Crippen molar-refractivity contribution in [1.82, 2.24) is 0 Å². The molecule has 1 amide bonds. The first-order valence-electron chi connectivity index (χ1n) is 9.49. The summed E-state index contributed by atoms with van der Waals surface area (Å²) in [6.07, 6.45) is 0. The third-order valence-corrected chi connectivity index (χ3v) is 6.75. The molecule has 9 nitrogen and oxygen atoms in total. The number of halogens is 4. The van der Waals surface area contributed by atoms with E-state index in [1.54, 1.807) is 0 Å². The fourth-order valence-electron chi connectivity index (χ4n) is 2.93. The number of ether oxygens (including phenoxy) is 1. The second-order valence-corrected chi connectivity index (χ2v) is 9.12. The summed E-state index contributed by atoms with van der Waals surface area (Å²) in [4.78, 5) is 22.4. The van der Waals surface area contributed by atoms with Crippen LogP contribution in [0.2, 0.25) is 5.02 Å². The highest BCUT2D eigenvalue weighted by molar-refractivity contribution is 7.92. The molecule has 35 heavy (non-hydrogen) atoms. The molecule has 184 valence electrons. The number of amides is 1. The van der Waals surface area contributed by atoms with Gasteiger partial charge in [0.15, 0.2) is 17.5 Å². The highest BCUT2D eigenvalue weighted by Crippen LogP contribution is 2.31. The Bertz CT molecular complexity index is 1400. The van der Waals surface area contributed by atoms with Crippen LogP contribution >= 0.6 is 11.6 Å². The molecule has 0 aromatic heterocycles. The Morgan fingerprint density at radius 1 is 1.09 bits per heavy atom. The van der Waals surface area contributed by atoms with Crippen LogP contribution in [0.3, 0.4) is 0 Å². The Morgan fingerprint density at radius 3 is 2.34 bits per heavy atom. The Labute approximate surface area is 201 Å². The van der Waals surface area contributed by atoms with Crippen molar-refractivity contribution < 1.29 is 36.0 Å². The van der Waals surface area contributed by atoms with Gasteiger partial charge in [0.05, 0.1) is 28.3 Å². The molecule has 0 radical (unpaired) electrons. The van der Waals surface area contributed by atoms with Crippen LogP contribution in [0.5, 0.6) is 5.75 Å². The molecular weight excluding hydrogens is 515 g/mol. The maximum atomic E-state index is 14.0. The predicted octanol–water partition coefficient (Wildman–Crippen LogP) is 4.51. The minimum absolute atomic E-state index is 0.0516. The van der Waals surface area contributed by atoms with E-state index in [-0.39, 0.29) is 10.7 Å². The molecule has 3 aromatic rings. The maximum Gasteiger partial charge on any atom is 0.289 e. The molecule has 0 spiro atoms. The van der Waals surface area contributed by atoms with Crippen molar-refractivity contribution in [3.05, 3.63) is 87.2 Å². The number of hydrogen-bond acceptors (Lipinski definition) is 6. The van der Waals surface area contributed by atoms with Gasteiger partial charge in [-0.25, -0.2) is 21.6 Å². The van der Waals surface area contributed by atoms with E-state index in [0.717, 1.165) is 24.3 Å². The molecule has 0 aliphatic carbocycles. The van der Waals surface area contributed by atoms with Gasteiger partial charge < -0.3 is 10.1 Å². The molecule has 0 unspecified atom stereocenters. The third-order valence-electron chi connectivity index (χ3n) is 4.66. The van der Waals surface area contributed by atoms with Crippen molar-refractivity contribution >= 4 is 44.6 Å². The van der Waals surface area contributed by atoms with Gasteiger partial charge in [-0.1, -0.05) is 11.6 Å². The molecule has 3 aromatic carbocycles. The molecule has 3 rings (SSSR count). The largest absolute Gasteiger partial charge is 0.497 e. The van der Waals surface area contributed by atoms with Gasteiger partial charge in [-0.3, -0.25) is 19.2 Å². The molecule has 1 N–H and O–H groups in total. The zero-order valence-electron chi connectivity index (χ0n) is 17.7. The predicted molar refractivity (Wildman–Crippen MR) is 121 cm³/mol. The lowest BCUT2D eigenvalue weighted by atomic mass is 10.2. The van der Waals surface area contributed by atoms with Crippen molar-refractivity contribution in [2.45, 2.75) is 4.90 Å². The Kier molecular flexibility index (Phi) is 7.51. The van der Waals surface area contributed by atoms with E-state index in [9.17, 15) is 36.5 Å². The molecule has 0 saturated heterocycles. The van der Waals surface area contributed by atoms with Crippen molar-refractivity contribution in [2.75, 3.05) is 23.3 Å². The zero-order chi connectivity index (χ0) is 25.9. The fraction of sp³-hybridized carbons (Fsp3) is 0.0952. The van der Waals surface area contributed by atoms with Crippen LogP contribution in [0.4, 0.5) is 30.2 Å². The van der Waals surface area contributed by atoms with Crippen LogP contribution in [0.25, 0.3) is 0 Å². The molecule has 0 heterocycles. The highest BCUT2D eigenvalue weighted by Gasteiger charge is 2.30. The van der Waals surface area contributed by atoms with Crippen molar-refractivity contribution in [2.24, 2.45) is 0 Å². The summed E-state index contributed by atoms with van der Waals surface area (Å²) < 4.78 is 73.0. The first kappa shape index (κ1) is 25.8. The van der Waals surface area contributed by atoms with Crippen molar-refractivity contribution in [3.63, 3.8) is 0 Å². The van der Waals surface area contributed by atoms with E-state index in [1.165, 1.54) is 31.4 Å². The number of nitro benzene ring substituents is 1. The van der Waals surface area contributed by atoms with Gasteiger partial charge in [0.25, 0.3) is 15.7 Å². The van der Waals surface area contributed by atoms with Gasteiger partial charge in [-0.15, -0.1) is 0 Å². The zero-order valence-corrected chi connectivity index (χ0v) is 19.2. The number of rotatable bonds is 8. The summed E-state index contributed by atoms with van der Waals surface area (Å²) in [6.45, 7) is -0.955. The van der Waals surface area contributed by atoms with Gasteiger partial charge >= 0.3 is 0 Å². The average Bonchev–Trinajstić information content (AvgIpc) is 2.83. The van der Waals surface area contributed by atoms with Gasteiger partial charge in [-0.2, -0.15) is 0 Å².